The summed E-state index contributed by atoms with van der Waals surface area (Å²) in [6, 6.07) is 3.11. The highest BCUT2D eigenvalue weighted by molar-refractivity contribution is 7.17. The summed E-state index contributed by atoms with van der Waals surface area (Å²) < 4.78 is 0. The van der Waals surface area contributed by atoms with Crippen LogP contribution in [0.4, 0.5) is 10.9 Å². The Kier molecular flexibility index (Phi) is 3.33. The van der Waals surface area contributed by atoms with Crippen molar-refractivity contribution < 1.29 is 4.79 Å². The number of fused-ring (bicyclic) bond motifs is 3. The summed E-state index contributed by atoms with van der Waals surface area (Å²) in [5.74, 6) is 0.515. The molecule has 1 fully saturated rings. The fourth-order valence-electron chi connectivity index (χ4n) is 3.87. The maximum Gasteiger partial charge on any atom is 0.264 e. The van der Waals surface area contributed by atoms with E-state index in [4.69, 9.17) is 4.98 Å². The van der Waals surface area contributed by atoms with Gasteiger partial charge < -0.3 is 15.6 Å². The number of pyridine rings is 1. The molecule has 1 amide bonds. The first-order valence-electron chi connectivity index (χ1n) is 8.60. The van der Waals surface area contributed by atoms with Crippen LogP contribution in [0.25, 0.3) is 11.0 Å². The molecule has 1 aliphatic heterocycles. The van der Waals surface area contributed by atoms with Crippen molar-refractivity contribution in [2.75, 3.05) is 5.32 Å². The van der Waals surface area contributed by atoms with Crippen molar-refractivity contribution in [3.8, 4) is 0 Å². The Morgan fingerprint density at radius 2 is 1.96 bits per heavy atom. The molecule has 9 heteroatoms. The molecule has 3 aromatic heterocycles. The lowest BCUT2D eigenvalue weighted by Crippen LogP contribution is -2.41. The number of nitrogens with one attached hydrogen (secondary N) is 3. The smallest absolute Gasteiger partial charge is 0.264 e. The molecule has 1 saturated carbocycles. The van der Waals surface area contributed by atoms with Gasteiger partial charge >= 0.3 is 0 Å². The molecule has 0 atom stereocenters. The first-order chi connectivity index (χ1) is 12.6. The van der Waals surface area contributed by atoms with Gasteiger partial charge in [-0.3, -0.25) is 9.59 Å². The van der Waals surface area contributed by atoms with Crippen LogP contribution in [0.15, 0.2) is 23.3 Å². The second kappa shape index (κ2) is 5.60. The zero-order chi connectivity index (χ0) is 17.7. The van der Waals surface area contributed by atoms with Gasteiger partial charge in [-0.15, -0.1) is 0 Å². The van der Waals surface area contributed by atoms with Gasteiger partial charge in [0, 0.05) is 6.07 Å². The van der Waals surface area contributed by atoms with Gasteiger partial charge in [0.05, 0.1) is 16.6 Å². The van der Waals surface area contributed by atoms with Crippen LogP contribution in [0.2, 0.25) is 0 Å². The van der Waals surface area contributed by atoms with Gasteiger partial charge in [0.1, 0.15) is 22.7 Å². The lowest BCUT2D eigenvalue weighted by molar-refractivity contribution is 0.0910. The predicted octanol–water partition coefficient (Wildman–Crippen LogP) is 2.42. The minimum atomic E-state index is -0.305. The fraction of sp³-hybridized carbons (Fsp3) is 0.353. The number of aromatic nitrogens is 4. The summed E-state index contributed by atoms with van der Waals surface area (Å²) in [7, 11) is 0. The molecule has 3 aromatic rings. The summed E-state index contributed by atoms with van der Waals surface area (Å²) >= 11 is 1.34. The van der Waals surface area contributed by atoms with Gasteiger partial charge in [-0.1, -0.05) is 30.6 Å². The van der Waals surface area contributed by atoms with Gasteiger partial charge in [-0.05, 0) is 18.9 Å². The Hall–Kier alpha value is -2.81. The fourth-order valence-corrected chi connectivity index (χ4v) is 4.83. The topological polar surface area (TPSA) is 113 Å². The van der Waals surface area contributed by atoms with Crippen LogP contribution >= 0.6 is 11.3 Å². The third kappa shape index (κ3) is 2.31. The molecule has 1 spiro atoms. The molecular formula is C17H16N6O2S. The molecular weight excluding hydrogens is 352 g/mol. The monoisotopic (exact) mass is 368 g/mol. The highest BCUT2D eigenvalue weighted by Crippen LogP contribution is 2.45. The van der Waals surface area contributed by atoms with Crippen molar-refractivity contribution in [2.24, 2.45) is 0 Å². The number of H-pyrrole nitrogens is 1. The highest BCUT2D eigenvalue weighted by Gasteiger charge is 2.46. The number of carbonyl (C=O) groups is 1. The van der Waals surface area contributed by atoms with Crippen LogP contribution in [0, 0.1) is 0 Å². The molecule has 0 bridgehead atoms. The molecule has 0 unspecified atom stereocenters. The average molecular weight is 368 g/mol. The van der Waals surface area contributed by atoms with E-state index in [1.54, 1.807) is 6.07 Å². The predicted molar refractivity (Wildman–Crippen MR) is 97.8 cm³/mol. The minimum Gasteiger partial charge on any atom is -0.340 e. The number of thiazole rings is 1. The van der Waals surface area contributed by atoms with Crippen molar-refractivity contribution in [1.29, 1.82) is 0 Å². The largest absolute Gasteiger partial charge is 0.340 e. The van der Waals surface area contributed by atoms with Gasteiger partial charge in [0.15, 0.2) is 5.13 Å². The van der Waals surface area contributed by atoms with E-state index in [1.807, 2.05) is 0 Å². The van der Waals surface area contributed by atoms with Crippen LogP contribution < -0.4 is 16.2 Å². The summed E-state index contributed by atoms with van der Waals surface area (Å²) in [5.41, 5.74) is 0.799. The first kappa shape index (κ1) is 15.4. The Balaban J connectivity index is 1.54. The Morgan fingerprint density at radius 1 is 1.12 bits per heavy atom. The number of carbonyl (C=O) groups excluding carboxylic acids is 1. The van der Waals surface area contributed by atoms with E-state index in [0.717, 1.165) is 31.4 Å². The number of hydrogen-bond acceptors (Lipinski definition) is 7. The van der Waals surface area contributed by atoms with E-state index in [-0.39, 0.29) is 17.0 Å². The highest BCUT2D eigenvalue weighted by atomic mass is 32.1. The third-order valence-corrected chi connectivity index (χ3v) is 6.07. The first-order valence-corrected chi connectivity index (χ1v) is 9.41. The van der Waals surface area contributed by atoms with Crippen molar-refractivity contribution in [2.45, 2.75) is 37.6 Å². The standard InChI is InChI=1S/C17H16N6O2S/c24-10-5-4-9-13(20-10)18-8-19-14(9)22-16-21-12-11(26-16)15(25)23-17(12)6-2-1-3-7-17/h4-5,8H,1-3,6-7H2,(H,23,25)(H2,18,19,20,21,22,24). The van der Waals surface area contributed by atoms with E-state index in [2.05, 4.69) is 25.6 Å². The van der Waals surface area contributed by atoms with Crippen LogP contribution in [-0.4, -0.2) is 25.8 Å². The quantitative estimate of drug-likeness (QED) is 0.640. The number of anilines is 2. The van der Waals surface area contributed by atoms with Crippen molar-refractivity contribution in [3.63, 3.8) is 0 Å². The third-order valence-electron chi connectivity index (χ3n) is 5.10. The van der Waals surface area contributed by atoms with Crippen LogP contribution in [0.3, 0.4) is 0 Å². The maximum absolute atomic E-state index is 12.4. The number of rotatable bonds is 2. The molecule has 2 aliphatic rings. The molecule has 4 heterocycles. The number of nitrogens with zero attached hydrogens (tertiary/aromatic N) is 3. The molecule has 132 valence electrons. The molecule has 26 heavy (non-hydrogen) atoms. The normalized spacial score (nSPS) is 18.1. The second-order valence-electron chi connectivity index (χ2n) is 6.73. The van der Waals surface area contributed by atoms with E-state index in [1.165, 1.54) is 30.2 Å². The van der Waals surface area contributed by atoms with E-state index in [0.29, 0.717) is 26.9 Å². The zero-order valence-corrected chi connectivity index (χ0v) is 14.7. The lowest BCUT2D eigenvalue weighted by Gasteiger charge is -2.32. The summed E-state index contributed by atoms with van der Waals surface area (Å²) in [4.78, 5) is 40.3. The molecule has 8 nitrogen and oxygen atoms in total. The van der Waals surface area contributed by atoms with Crippen LogP contribution in [0.1, 0.15) is 47.5 Å². The molecule has 0 aromatic carbocycles. The minimum absolute atomic E-state index is 0.0377. The van der Waals surface area contributed by atoms with E-state index in [9.17, 15) is 9.59 Å². The van der Waals surface area contributed by atoms with Gasteiger partial charge in [-0.2, -0.15) is 0 Å². The maximum atomic E-state index is 12.4. The molecule has 0 radical (unpaired) electrons. The number of aromatic amines is 1. The second-order valence-corrected chi connectivity index (χ2v) is 7.72. The van der Waals surface area contributed by atoms with E-state index < -0.39 is 0 Å². The lowest BCUT2D eigenvalue weighted by atomic mass is 9.81. The summed E-state index contributed by atoms with van der Waals surface area (Å²) in [6.45, 7) is 0. The Morgan fingerprint density at radius 3 is 2.81 bits per heavy atom. The van der Waals surface area contributed by atoms with Crippen molar-refractivity contribution in [1.82, 2.24) is 25.3 Å². The van der Waals surface area contributed by atoms with E-state index >= 15 is 0 Å². The molecule has 3 N–H and O–H groups in total. The van der Waals surface area contributed by atoms with Gasteiger partial charge in [0.2, 0.25) is 5.56 Å². The molecule has 1 aliphatic carbocycles. The van der Waals surface area contributed by atoms with Gasteiger partial charge in [-0.25, -0.2) is 15.0 Å². The molecule has 5 rings (SSSR count). The summed E-state index contributed by atoms with van der Waals surface area (Å²) in [6.07, 6.45) is 6.66. The van der Waals surface area contributed by atoms with Crippen LogP contribution in [-0.2, 0) is 5.54 Å². The average Bonchev–Trinajstić information content (AvgIpc) is 3.16. The number of amides is 1. The number of hydrogen-bond donors (Lipinski definition) is 3. The van der Waals surface area contributed by atoms with Crippen molar-refractivity contribution in [3.05, 3.63) is 39.4 Å². The summed E-state index contributed by atoms with van der Waals surface area (Å²) in [5, 5.41) is 7.67. The van der Waals surface area contributed by atoms with Crippen LogP contribution in [0.5, 0.6) is 0 Å². The van der Waals surface area contributed by atoms with Crippen molar-refractivity contribution >= 4 is 39.2 Å². The van der Waals surface area contributed by atoms with Gasteiger partial charge in [0.25, 0.3) is 5.91 Å². The molecule has 0 saturated heterocycles. The Labute approximate surface area is 152 Å². The zero-order valence-electron chi connectivity index (χ0n) is 13.8. The Bertz CT molecular complexity index is 1080. The SMILES string of the molecule is O=C1NC2(CCCCC2)c2nc(Nc3ncnc4[nH]c(=O)ccc34)sc21.